The molecule has 140 valence electrons. The van der Waals surface area contributed by atoms with Crippen LogP contribution in [0.1, 0.15) is 16.1 Å². The third-order valence-electron chi connectivity index (χ3n) is 4.74. The lowest BCUT2D eigenvalue weighted by atomic mass is 10.0. The summed E-state index contributed by atoms with van der Waals surface area (Å²) in [4.78, 5) is 17.2. The molecule has 7 heteroatoms. The molecule has 0 saturated carbocycles. The van der Waals surface area contributed by atoms with Gasteiger partial charge in [-0.1, -0.05) is 42.5 Å². The second-order valence-electron chi connectivity index (χ2n) is 6.50. The van der Waals surface area contributed by atoms with Crippen LogP contribution in [0.4, 0.5) is 0 Å². The van der Waals surface area contributed by atoms with Crippen molar-refractivity contribution in [1.29, 1.82) is 0 Å². The standard InChI is InChI=1S/C22H15N5O2/c28-22(15-9-11-16(12-10-15)27-14-23-25-26-27)29-13-21-19-7-2-1-5-17(19)18-6-3-4-8-20(18)24-21/h1-12,14H,13H2. The molecule has 0 amide bonds. The Morgan fingerprint density at radius 2 is 1.59 bits per heavy atom. The zero-order chi connectivity index (χ0) is 19.6. The van der Waals surface area contributed by atoms with Gasteiger partial charge in [-0.15, -0.1) is 5.10 Å². The molecule has 0 aliphatic heterocycles. The van der Waals surface area contributed by atoms with Crippen molar-refractivity contribution in [3.8, 4) is 5.69 Å². The van der Waals surface area contributed by atoms with E-state index in [1.807, 2.05) is 42.5 Å². The van der Waals surface area contributed by atoms with Gasteiger partial charge < -0.3 is 4.74 Å². The third-order valence-corrected chi connectivity index (χ3v) is 4.74. The molecular formula is C22H15N5O2. The molecule has 7 nitrogen and oxygen atoms in total. The van der Waals surface area contributed by atoms with E-state index in [0.717, 1.165) is 33.1 Å². The van der Waals surface area contributed by atoms with Crippen LogP contribution in [-0.2, 0) is 11.3 Å². The maximum Gasteiger partial charge on any atom is 0.338 e. The second kappa shape index (κ2) is 7.12. The Morgan fingerprint density at radius 3 is 2.34 bits per heavy atom. The van der Waals surface area contributed by atoms with Gasteiger partial charge in [-0.2, -0.15) is 0 Å². The van der Waals surface area contributed by atoms with E-state index in [0.29, 0.717) is 5.56 Å². The van der Waals surface area contributed by atoms with Crippen LogP contribution < -0.4 is 0 Å². The first-order chi connectivity index (χ1) is 14.3. The van der Waals surface area contributed by atoms with Crippen molar-refractivity contribution in [2.45, 2.75) is 6.61 Å². The first-order valence-corrected chi connectivity index (χ1v) is 9.06. The van der Waals surface area contributed by atoms with Crippen molar-refractivity contribution in [3.05, 3.63) is 90.4 Å². The fourth-order valence-electron chi connectivity index (χ4n) is 3.33. The number of benzene rings is 3. The average Bonchev–Trinajstić information content (AvgIpc) is 3.32. The molecule has 2 heterocycles. The number of ether oxygens (including phenoxy) is 1. The van der Waals surface area contributed by atoms with Crippen molar-refractivity contribution < 1.29 is 9.53 Å². The zero-order valence-electron chi connectivity index (χ0n) is 15.3. The summed E-state index contributed by atoms with van der Waals surface area (Å²) in [5.41, 5.74) is 2.82. The number of aromatic nitrogens is 5. The number of rotatable bonds is 4. The molecule has 0 unspecified atom stereocenters. The predicted octanol–water partition coefficient (Wildman–Crippen LogP) is 3.72. The summed E-state index contributed by atoms with van der Waals surface area (Å²) in [5.74, 6) is -0.410. The van der Waals surface area contributed by atoms with Crippen LogP contribution in [0.25, 0.3) is 27.4 Å². The molecule has 0 atom stereocenters. The monoisotopic (exact) mass is 381 g/mol. The van der Waals surface area contributed by atoms with Gasteiger partial charge in [0, 0.05) is 10.8 Å². The molecular weight excluding hydrogens is 366 g/mol. The molecule has 0 saturated heterocycles. The van der Waals surface area contributed by atoms with Gasteiger partial charge in [-0.05, 0) is 46.1 Å². The minimum absolute atomic E-state index is 0.0962. The summed E-state index contributed by atoms with van der Waals surface area (Å²) in [7, 11) is 0. The van der Waals surface area contributed by atoms with Crippen LogP contribution in [-0.4, -0.2) is 31.2 Å². The van der Waals surface area contributed by atoms with Crippen LogP contribution in [0.3, 0.4) is 0 Å². The molecule has 0 aliphatic rings. The van der Waals surface area contributed by atoms with Crippen LogP contribution in [0, 0.1) is 0 Å². The van der Waals surface area contributed by atoms with Crippen molar-refractivity contribution in [2.24, 2.45) is 0 Å². The van der Waals surface area contributed by atoms with Crippen LogP contribution >= 0.6 is 0 Å². The van der Waals surface area contributed by atoms with E-state index in [2.05, 4.69) is 21.6 Å². The van der Waals surface area contributed by atoms with E-state index >= 15 is 0 Å². The molecule has 0 bridgehead atoms. The molecule has 0 aliphatic carbocycles. The van der Waals surface area contributed by atoms with Gasteiger partial charge in [-0.25, -0.2) is 14.5 Å². The highest BCUT2D eigenvalue weighted by Gasteiger charge is 2.12. The normalized spacial score (nSPS) is 11.0. The number of nitrogens with zero attached hydrogens (tertiary/aromatic N) is 5. The number of pyridine rings is 1. The van der Waals surface area contributed by atoms with Gasteiger partial charge in [0.25, 0.3) is 0 Å². The van der Waals surface area contributed by atoms with E-state index < -0.39 is 5.97 Å². The summed E-state index contributed by atoms with van der Waals surface area (Å²) in [5, 5.41) is 14.2. The number of carbonyl (C=O) groups excluding carboxylic acids is 1. The van der Waals surface area contributed by atoms with Crippen LogP contribution in [0.15, 0.2) is 79.1 Å². The lowest BCUT2D eigenvalue weighted by Crippen LogP contribution is -2.07. The van der Waals surface area contributed by atoms with Gasteiger partial charge in [0.15, 0.2) is 0 Å². The topological polar surface area (TPSA) is 82.8 Å². The van der Waals surface area contributed by atoms with Gasteiger partial charge in [0.2, 0.25) is 0 Å². The van der Waals surface area contributed by atoms with Gasteiger partial charge in [0.05, 0.1) is 22.5 Å². The Morgan fingerprint density at radius 1 is 0.862 bits per heavy atom. The maximum atomic E-state index is 12.5. The summed E-state index contributed by atoms with van der Waals surface area (Å²) in [6, 6.07) is 22.9. The Labute approximate surface area is 165 Å². The van der Waals surface area contributed by atoms with E-state index in [1.54, 1.807) is 24.3 Å². The highest BCUT2D eigenvalue weighted by Crippen LogP contribution is 2.26. The molecule has 3 aromatic carbocycles. The predicted molar refractivity (Wildman–Crippen MR) is 108 cm³/mol. The molecule has 0 N–H and O–H groups in total. The van der Waals surface area contributed by atoms with E-state index in [-0.39, 0.29) is 6.61 Å². The molecule has 5 aromatic rings. The third kappa shape index (κ3) is 3.19. The molecule has 2 aromatic heterocycles. The smallest absolute Gasteiger partial charge is 0.338 e. The van der Waals surface area contributed by atoms with Crippen LogP contribution in [0.2, 0.25) is 0 Å². The lowest BCUT2D eigenvalue weighted by Gasteiger charge is -2.10. The molecule has 0 fully saturated rings. The van der Waals surface area contributed by atoms with E-state index in [1.165, 1.54) is 11.0 Å². The maximum absolute atomic E-state index is 12.5. The Kier molecular flexibility index (Phi) is 4.18. The minimum Gasteiger partial charge on any atom is -0.456 e. The highest BCUT2D eigenvalue weighted by molar-refractivity contribution is 6.06. The lowest BCUT2D eigenvalue weighted by molar-refractivity contribution is 0.0470. The van der Waals surface area contributed by atoms with E-state index in [4.69, 9.17) is 9.72 Å². The first-order valence-electron chi connectivity index (χ1n) is 9.06. The Hall–Kier alpha value is -4.13. The van der Waals surface area contributed by atoms with Gasteiger partial charge in [-0.3, -0.25) is 0 Å². The quantitative estimate of drug-likeness (QED) is 0.349. The number of para-hydroxylation sites is 1. The largest absolute Gasteiger partial charge is 0.456 e. The minimum atomic E-state index is -0.410. The zero-order valence-corrected chi connectivity index (χ0v) is 15.3. The number of hydrogen-bond donors (Lipinski definition) is 0. The number of esters is 1. The molecule has 29 heavy (non-hydrogen) atoms. The summed E-state index contributed by atoms with van der Waals surface area (Å²) < 4.78 is 7.07. The van der Waals surface area contributed by atoms with Gasteiger partial charge >= 0.3 is 5.97 Å². The Balaban J connectivity index is 1.40. The van der Waals surface area contributed by atoms with Crippen molar-refractivity contribution in [1.82, 2.24) is 25.2 Å². The van der Waals surface area contributed by atoms with Crippen molar-refractivity contribution >= 4 is 27.6 Å². The number of hydrogen-bond acceptors (Lipinski definition) is 6. The first kappa shape index (κ1) is 17.0. The second-order valence-corrected chi connectivity index (χ2v) is 6.50. The number of tetrazole rings is 1. The summed E-state index contributed by atoms with van der Waals surface area (Å²) >= 11 is 0. The summed E-state index contributed by atoms with van der Waals surface area (Å²) in [6.07, 6.45) is 1.49. The number of carbonyl (C=O) groups is 1. The SMILES string of the molecule is O=C(OCc1nc2ccccc2c2ccccc12)c1ccc(-n2cnnn2)cc1. The molecule has 5 rings (SSSR count). The Bertz CT molecular complexity index is 1310. The van der Waals surface area contributed by atoms with Gasteiger partial charge in [0.1, 0.15) is 12.9 Å². The molecule has 0 radical (unpaired) electrons. The molecule has 0 spiro atoms. The summed E-state index contributed by atoms with van der Waals surface area (Å²) in [6.45, 7) is 0.0962. The number of fused-ring (bicyclic) bond motifs is 3. The van der Waals surface area contributed by atoms with Crippen LogP contribution in [0.5, 0.6) is 0 Å². The highest BCUT2D eigenvalue weighted by atomic mass is 16.5. The fourth-order valence-corrected chi connectivity index (χ4v) is 3.33. The van der Waals surface area contributed by atoms with Crippen molar-refractivity contribution in [3.63, 3.8) is 0 Å². The average molecular weight is 381 g/mol. The van der Waals surface area contributed by atoms with Crippen molar-refractivity contribution in [2.75, 3.05) is 0 Å². The van der Waals surface area contributed by atoms with E-state index in [9.17, 15) is 4.79 Å². The fraction of sp³-hybridized carbons (Fsp3) is 0.0455.